The van der Waals surface area contributed by atoms with E-state index in [9.17, 15) is 0 Å². The second-order valence-electron chi connectivity index (χ2n) is 6.99. The summed E-state index contributed by atoms with van der Waals surface area (Å²) in [5, 5.41) is 18.1. The van der Waals surface area contributed by atoms with Crippen molar-refractivity contribution in [2.24, 2.45) is 31.1 Å². The third kappa shape index (κ3) is 2.44. The average Bonchev–Trinajstić information content (AvgIpc) is 3.53. The first-order valence-corrected chi connectivity index (χ1v) is 10.8. The maximum absolute atomic E-state index is 9.05. The lowest BCUT2D eigenvalue weighted by atomic mass is 10.4. The summed E-state index contributed by atoms with van der Waals surface area (Å²) in [7, 11) is 5.77. The van der Waals surface area contributed by atoms with Crippen molar-refractivity contribution in [2.75, 3.05) is 0 Å². The summed E-state index contributed by atoms with van der Waals surface area (Å²) in [4.78, 5) is 14.7. The van der Waals surface area contributed by atoms with Crippen molar-refractivity contribution in [3.05, 3.63) is 35.0 Å². The highest BCUT2D eigenvalue weighted by molar-refractivity contribution is 7.33. The molecule has 0 aromatic carbocycles. The van der Waals surface area contributed by atoms with E-state index in [-0.39, 0.29) is 11.7 Å². The van der Waals surface area contributed by atoms with Crippen molar-refractivity contribution in [3.63, 3.8) is 0 Å². The minimum Gasteiger partial charge on any atom is -0.351 e. The molecule has 0 aliphatic carbocycles. The van der Waals surface area contributed by atoms with Crippen molar-refractivity contribution >= 4 is 86.8 Å². The van der Waals surface area contributed by atoms with Gasteiger partial charge < -0.3 is 23.4 Å². The first-order chi connectivity index (χ1) is 15.4. The van der Waals surface area contributed by atoms with Gasteiger partial charge in [-0.25, -0.2) is 10.5 Å². The Morgan fingerprint density at radius 2 is 1.19 bits per heavy atom. The first kappa shape index (κ1) is 19.5. The van der Waals surface area contributed by atoms with E-state index in [0.29, 0.717) is 11.6 Å². The van der Waals surface area contributed by atoms with Crippen molar-refractivity contribution in [1.82, 2.24) is 13.7 Å². The molecule has 0 unspecified atom stereocenters. The molecule has 5 heterocycles. The number of aromatic nitrogens is 3. The standard InChI is InChI=1S/C21H11N9S2/c1-24-12(8-22)26-14-6-10-16(28(14)3)18-20(31-10)21-19(30(18)5)17-11(32-21)7-15(29(17)4)27-13(9-23)25-2/h6-7H,3-5H3. The Morgan fingerprint density at radius 1 is 0.781 bits per heavy atom. The lowest BCUT2D eigenvalue weighted by Crippen LogP contribution is -1.94. The quantitative estimate of drug-likeness (QED) is 0.204. The number of amidine groups is 2. The Bertz CT molecular complexity index is 1680. The van der Waals surface area contributed by atoms with Gasteiger partial charge in [-0.05, 0) is 0 Å². The molecule has 0 N–H and O–H groups in total. The average molecular weight is 454 g/mol. The molecular formula is C21H11N9S2. The van der Waals surface area contributed by atoms with Gasteiger partial charge in [0, 0.05) is 33.3 Å². The van der Waals surface area contributed by atoms with Gasteiger partial charge in [0.15, 0.2) is 0 Å². The predicted molar refractivity (Wildman–Crippen MR) is 128 cm³/mol. The molecule has 5 aromatic rings. The number of fused-ring (bicyclic) bond motifs is 7. The highest BCUT2D eigenvalue weighted by Gasteiger charge is 2.25. The second-order valence-corrected chi connectivity index (χ2v) is 9.09. The maximum atomic E-state index is 9.05. The Labute approximate surface area is 189 Å². The number of nitriles is 2. The zero-order valence-electron chi connectivity index (χ0n) is 17.0. The van der Waals surface area contributed by atoms with Gasteiger partial charge in [-0.2, -0.15) is 0 Å². The summed E-state index contributed by atoms with van der Waals surface area (Å²) in [6.45, 7) is 14.2. The lowest BCUT2D eigenvalue weighted by molar-refractivity contribution is 0.946. The summed E-state index contributed by atoms with van der Waals surface area (Å²) in [6, 6.07) is 7.43. The number of nitrogens with zero attached hydrogens (tertiary/aromatic N) is 9. The topological polar surface area (TPSA) is 95.8 Å². The molecule has 0 atom stereocenters. The van der Waals surface area contributed by atoms with Crippen LogP contribution in [0.15, 0.2) is 22.1 Å². The van der Waals surface area contributed by atoms with E-state index in [1.807, 2.05) is 54.5 Å². The largest absolute Gasteiger partial charge is 0.351 e. The Hall–Kier alpha value is -4.42. The number of hydrogen-bond donors (Lipinski definition) is 0. The molecule has 0 fully saturated rings. The maximum Gasteiger partial charge on any atom is 0.351 e. The molecule has 5 aromatic heterocycles. The van der Waals surface area contributed by atoms with Crippen LogP contribution in [0.3, 0.4) is 0 Å². The lowest BCUT2D eigenvalue weighted by Gasteiger charge is -2.01. The summed E-state index contributed by atoms with van der Waals surface area (Å²) in [6.07, 6.45) is 0. The molecule has 11 heteroatoms. The molecule has 0 aliphatic heterocycles. The van der Waals surface area contributed by atoms with Crippen LogP contribution in [0.25, 0.3) is 50.6 Å². The molecular weight excluding hydrogens is 442 g/mol. The highest BCUT2D eigenvalue weighted by Crippen LogP contribution is 2.48. The fourth-order valence-electron chi connectivity index (χ4n) is 3.99. The summed E-state index contributed by atoms with van der Waals surface area (Å²) < 4.78 is 10.4. The van der Waals surface area contributed by atoms with Gasteiger partial charge in [0.05, 0.1) is 40.9 Å². The summed E-state index contributed by atoms with van der Waals surface area (Å²) in [5.41, 5.74) is 4.11. The molecule has 9 nitrogen and oxygen atoms in total. The van der Waals surface area contributed by atoms with Gasteiger partial charge in [0.25, 0.3) is 0 Å². The van der Waals surface area contributed by atoms with Gasteiger partial charge in [-0.15, -0.1) is 22.7 Å². The van der Waals surface area contributed by atoms with E-state index in [2.05, 4.69) is 24.2 Å². The van der Waals surface area contributed by atoms with Gasteiger partial charge in [-0.1, -0.05) is 23.1 Å². The Kier molecular flexibility index (Phi) is 4.15. The summed E-state index contributed by atoms with van der Waals surface area (Å²) >= 11 is 3.31. The van der Waals surface area contributed by atoms with Crippen LogP contribution in [0.1, 0.15) is 0 Å². The van der Waals surface area contributed by atoms with Crippen molar-refractivity contribution in [2.45, 2.75) is 0 Å². The van der Waals surface area contributed by atoms with E-state index in [1.54, 1.807) is 22.7 Å². The molecule has 0 amide bonds. The van der Waals surface area contributed by atoms with E-state index in [0.717, 1.165) is 40.9 Å². The molecule has 0 bridgehead atoms. The van der Waals surface area contributed by atoms with Crippen LogP contribution in [0.5, 0.6) is 0 Å². The van der Waals surface area contributed by atoms with Crippen LogP contribution >= 0.6 is 22.7 Å². The normalized spacial score (nSPS) is 12.5. The number of thiophene rings is 2. The van der Waals surface area contributed by atoms with Crippen LogP contribution in [0, 0.1) is 35.8 Å². The zero-order valence-corrected chi connectivity index (χ0v) is 18.6. The zero-order chi connectivity index (χ0) is 22.7. The fourth-order valence-corrected chi connectivity index (χ4v) is 6.70. The highest BCUT2D eigenvalue weighted by atomic mass is 32.1. The van der Waals surface area contributed by atoms with E-state index >= 15 is 0 Å². The molecule has 0 aliphatic rings. The molecule has 0 saturated carbocycles. The smallest absolute Gasteiger partial charge is 0.351 e. The molecule has 0 radical (unpaired) electrons. The predicted octanol–water partition coefficient (Wildman–Crippen LogP) is 5.38. The molecule has 152 valence electrons. The van der Waals surface area contributed by atoms with E-state index in [4.69, 9.17) is 23.7 Å². The third-order valence-electron chi connectivity index (χ3n) is 5.38. The first-order valence-electron chi connectivity index (χ1n) is 9.14. The van der Waals surface area contributed by atoms with Gasteiger partial charge >= 0.3 is 11.7 Å². The van der Waals surface area contributed by atoms with Crippen LogP contribution in [-0.2, 0) is 21.1 Å². The number of rotatable bonds is 2. The van der Waals surface area contributed by atoms with Crippen LogP contribution in [-0.4, -0.2) is 25.4 Å². The SMILES string of the molecule is [C-]#[N+]C(C#N)=Nc1cc2sc3c4sc5cc(N=C(C#N)[N+]#[C-])n(C)c5c4n(C)c3c2n1C. The number of aliphatic imine (C=N–C) groups is 2. The van der Waals surface area contributed by atoms with Gasteiger partial charge in [0.1, 0.15) is 12.1 Å². The molecule has 0 spiro atoms. The molecule has 32 heavy (non-hydrogen) atoms. The van der Waals surface area contributed by atoms with Gasteiger partial charge in [0.2, 0.25) is 11.6 Å². The number of hydrogen-bond acceptors (Lipinski definition) is 6. The number of aryl methyl sites for hydroxylation is 3. The Balaban J connectivity index is 1.82. The van der Waals surface area contributed by atoms with Crippen molar-refractivity contribution < 1.29 is 0 Å². The van der Waals surface area contributed by atoms with Crippen LogP contribution in [0.4, 0.5) is 11.6 Å². The minimum atomic E-state index is -0.197. The fraction of sp³-hybridized carbons (Fsp3) is 0.143. The molecule has 0 saturated heterocycles. The monoisotopic (exact) mass is 453 g/mol. The van der Waals surface area contributed by atoms with Crippen molar-refractivity contribution in [1.29, 1.82) is 10.5 Å². The van der Waals surface area contributed by atoms with Gasteiger partial charge in [-0.3, -0.25) is 0 Å². The van der Waals surface area contributed by atoms with Crippen LogP contribution < -0.4 is 0 Å². The second kappa shape index (κ2) is 6.80. The Morgan fingerprint density at radius 3 is 1.53 bits per heavy atom. The van der Waals surface area contributed by atoms with E-state index < -0.39 is 0 Å². The van der Waals surface area contributed by atoms with E-state index in [1.165, 1.54) is 0 Å². The van der Waals surface area contributed by atoms with Crippen LogP contribution in [0.2, 0.25) is 0 Å². The third-order valence-corrected chi connectivity index (χ3v) is 7.77. The minimum absolute atomic E-state index is 0.197. The molecule has 5 rings (SSSR count). The summed E-state index contributed by atoms with van der Waals surface area (Å²) in [5.74, 6) is 0.734. The van der Waals surface area contributed by atoms with Crippen molar-refractivity contribution in [3.8, 4) is 12.1 Å².